The molecule has 2 unspecified atom stereocenters. The van der Waals surface area contributed by atoms with Crippen LogP contribution in [0.4, 0.5) is 5.69 Å². The minimum Gasteiger partial charge on any atom is -0.480 e. The summed E-state index contributed by atoms with van der Waals surface area (Å²) in [5.74, 6) is -1.62. The van der Waals surface area contributed by atoms with Gasteiger partial charge in [-0.3, -0.25) is 9.69 Å². The fourth-order valence-corrected chi connectivity index (χ4v) is 5.52. The second kappa shape index (κ2) is 9.92. The van der Waals surface area contributed by atoms with Crippen LogP contribution in [0.1, 0.15) is 29.0 Å². The van der Waals surface area contributed by atoms with Crippen LogP contribution < -0.4 is 4.90 Å². The molecule has 180 valence electrons. The summed E-state index contributed by atoms with van der Waals surface area (Å²) >= 11 is 0. The number of aliphatic carboxylic acids is 1. The molecule has 1 amide bonds. The van der Waals surface area contributed by atoms with Gasteiger partial charge in [0.25, 0.3) is 0 Å². The number of para-hydroxylation sites is 1. The van der Waals surface area contributed by atoms with Crippen LogP contribution in [-0.2, 0) is 16.1 Å². The molecule has 1 N–H and O–H groups in total. The van der Waals surface area contributed by atoms with Crippen molar-refractivity contribution in [1.29, 1.82) is 0 Å². The van der Waals surface area contributed by atoms with Gasteiger partial charge in [0, 0.05) is 45.0 Å². The second-order valence-electron chi connectivity index (χ2n) is 9.51. The zero-order valence-electron chi connectivity index (χ0n) is 20.0. The van der Waals surface area contributed by atoms with Gasteiger partial charge in [-0.05, 0) is 29.2 Å². The average Bonchev–Trinajstić information content (AvgIpc) is 3.27. The van der Waals surface area contributed by atoms with Crippen molar-refractivity contribution >= 4 is 17.6 Å². The Hall–Kier alpha value is -3.64. The summed E-state index contributed by atoms with van der Waals surface area (Å²) in [6.07, 6.45) is 0.434. The molecule has 3 aromatic rings. The van der Waals surface area contributed by atoms with E-state index in [0.717, 1.165) is 30.8 Å². The average molecular weight is 470 g/mol. The van der Waals surface area contributed by atoms with Gasteiger partial charge in [0.15, 0.2) is 0 Å². The number of hydrogen-bond acceptors (Lipinski definition) is 4. The van der Waals surface area contributed by atoms with E-state index in [1.54, 1.807) is 4.90 Å². The number of amides is 1. The van der Waals surface area contributed by atoms with E-state index in [1.165, 1.54) is 11.3 Å². The molecule has 0 saturated carbocycles. The maximum atomic E-state index is 14.0. The highest BCUT2D eigenvalue weighted by Gasteiger charge is 2.44. The van der Waals surface area contributed by atoms with Gasteiger partial charge in [0.2, 0.25) is 5.91 Å². The van der Waals surface area contributed by atoms with Crippen LogP contribution >= 0.6 is 0 Å². The fourth-order valence-electron chi connectivity index (χ4n) is 5.52. The van der Waals surface area contributed by atoms with Gasteiger partial charge in [-0.25, -0.2) is 4.79 Å². The Kier molecular flexibility index (Phi) is 6.55. The lowest BCUT2D eigenvalue weighted by Crippen LogP contribution is -2.44. The fraction of sp³-hybridized carbons (Fsp3) is 0.310. The van der Waals surface area contributed by atoms with Gasteiger partial charge >= 0.3 is 5.97 Å². The Bertz CT molecular complexity index is 1140. The third kappa shape index (κ3) is 4.66. The first-order chi connectivity index (χ1) is 17.0. The predicted octanol–water partition coefficient (Wildman–Crippen LogP) is 3.82. The van der Waals surface area contributed by atoms with Crippen molar-refractivity contribution in [1.82, 2.24) is 9.80 Å². The molecule has 3 aromatic carbocycles. The number of hydrogen-bond donors (Lipinski definition) is 1. The highest BCUT2D eigenvalue weighted by molar-refractivity contribution is 5.91. The number of nitrogens with zero attached hydrogens (tertiary/aromatic N) is 3. The monoisotopic (exact) mass is 469 g/mol. The molecule has 2 heterocycles. The molecule has 0 aromatic heterocycles. The molecule has 35 heavy (non-hydrogen) atoms. The maximum absolute atomic E-state index is 14.0. The first-order valence-electron chi connectivity index (χ1n) is 12.2. The van der Waals surface area contributed by atoms with Crippen molar-refractivity contribution in [3.05, 3.63) is 102 Å². The molecule has 2 atom stereocenters. The van der Waals surface area contributed by atoms with Gasteiger partial charge in [0.05, 0.1) is 5.92 Å². The quantitative estimate of drug-likeness (QED) is 0.616. The van der Waals surface area contributed by atoms with Crippen molar-refractivity contribution in [2.75, 3.05) is 31.6 Å². The number of carbonyl (C=O) groups is 2. The summed E-state index contributed by atoms with van der Waals surface area (Å²) in [6, 6.07) is 26.8. The van der Waals surface area contributed by atoms with Gasteiger partial charge < -0.3 is 14.9 Å². The van der Waals surface area contributed by atoms with Gasteiger partial charge in [-0.15, -0.1) is 0 Å². The first kappa shape index (κ1) is 23.1. The Morgan fingerprint density at radius 2 is 1.46 bits per heavy atom. The van der Waals surface area contributed by atoms with E-state index < -0.39 is 17.9 Å². The molecule has 0 radical (unpaired) electrons. The number of carbonyl (C=O) groups excluding carboxylic acids is 1. The van der Waals surface area contributed by atoms with Crippen LogP contribution in [0.5, 0.6) is 0 Å². The molecule has 0 spiro atoms. The van der Waals surface area contributed by atoms with Crippen LogP contribution in [-0.4, -0.2) is 65.5 Å². The summed E-state index contributed by atoms with van der Waals surface area (Å²) in [4.78, 5) is 32.6. The SMILES string of the molecule is CN1CCN(C2CC(C(=O)O)N(C(=O)C(c3ccccc3)c3ccccc3)C2)Cc2ccccc21. The summed E-state index contributed by atoms with van der Waals surface area (Å²) < 4.78 is 0. The number of fused-ring (bicyclic) bond motifs is 1. The minimum atomic E-state index is -0.937. The molecule has 2 aliphatic rings. The van der Waals surface area contributed by atoms with Gasteiger partial charge in [-0.2, -0.15) is 0 Å². The number of rotatable bonds is 5. The predicted molar refractivity (Wildman–Crippen MR) is 136 cm³/mol. The molecular weight excluding hydrogens is 438 g/mol. The molecule has 1 fully saturated rings. The highest BCUT2D eigenvalue weighted by Crippen LogP contribution is 2.33. The highest BCUT2D eigenvalue weighted by atomic mass is 16.4. The lowest BCUT2D eigenvalue weighted by atomic mass is 9.90. The Balaban J connectivity index is 1.44. The van der Waals surface area contributed by atoms with Crippen LogP contribution in [0.2, 0.25) is 0 Å². The zero-order valence-corrected chi connectivity index (χ0v) is 20.0. The van der Waals surface area contributed by atoms with E-state index in [1.807, 2.05) is 66.7 Å². The van der Waals surface area contributed by atoms with Crippen molar-refractivity contribution in [2.24, 2.45) is 0 Å². The van der Waals surface area contributed by atoms with E-state index in [4.69, 9.17) is 0 Å². The third-order valence-corrected chi connectivity index (χ3v) is 7.38. The Morgan fingerprint density at radius 1 is 0.857 bits per heavy atom. The molecule has 2 aliphatic heterocycles. The van der Waals surface area contributed by atoms with E-state index in [0.29, 0.717) is 13.0 Å². The first-order valence-corrected chi connectivity index (χ1v) is 12.2. The van der Waals surface area contributed by atoms with E-state index >= 15 is 0 Å². The third-order valence-electron chi connectivity index (χ3n) is 7.38. The summed E-state index contributed by atoms with van der Waals surface area (Å²) in [5.41, 5.74) is 4.20. The topological polar surface area (TPSA) is 64.1 Å². The molecule has 1 saturated heterocycles. The minimum absolute atomic E-state index is 0.00759. The number of anilines is 1. The lowest BCUT2D eigenvalue weighted by Gasteiger charge is -2.29. The lowest BCUT2D eigenvalue weighted by molar-refractivity contribution is -0.148. The van der Waals surface area contributed by atoms with Crippen molar-refractivity contribution in [2.45, 2.75) is 31.0 Å². The molecule has 5 rings (SSSR count). The van der Waals surface area contributed by atoms with Crippen molar-refractivity contribution < 1.29 is 14.7 Å². The molecule has 6 nitrogen and oxygen atoms in total. The molecular formula is C29H31N3O3. The smallest absolute Gasteiger partial charge is 0.326 e. The van der Waals surface area contributed by atoms with Crippen LogP contribution in [0.15, 0.2) is 84.9 Å². The summed E-state index contributed by atoms with van der Waals surface area (Å²) in [5, 5.41) is 10.1. The number of likely N-dealkylation sites (N-methyl/N-ethyl adjacent to an activating group) is 1. The van der Waals surface area contributed by atoms with Gasteiger partial charge in [0.1, 0.15) is 6.04 Å². The van der Waals surface area contributed by atoms with Crippen molar-refractivity contribution in [3.8, 4) is 0 Å². The molecule has 0 aliphatic carbocycles. The summed E-state index contributed by atoms with van der Waals surface area (Å²) in [7, 11) is 2.09. The van der Waals surface area contributed by atoms with E-state index in [2.05, 4.69) is 35.0 Å². The standard InChI is InChI=1S/C29H31N3O3/c1-30-16-17-31(19-23-14-8-9-15-25(23)30)24-18-26(29(34)35)32(20-24)28(33)27(21-10-4-2-5-11-21)22-12-6-3-7-13-22/h2-15,24,26-27H,16-20H2,1H3,(H,34,35). The number of benzene rings is 3. The van der Waals surface area contributed by atoms with Gasteiger partial charge in [-0.1, -0.05) is 78.9 Å². The van der Waals surface area contributed by atoms with Crippen molar-refractivity contribution in [3.63, 3.8) is 0 Å². The normalized spacial score (nSPS) is 20.5. The van der Waals surface area contributed by atoms with Crippen LogP contribution in [0, 0.1) is 0 Å². The van der Waals surface area contributed by atoms with Crippen LogP contribution in [0.3, 0.4) is 0 Å². The maximum Gasteiger partial charge on any atom is 0.326 e. The number of likely N-dealkylation sites (tertiary alicyclic amines) is 1. The van der Waals surface area contributed by atoms with E-state index in [-0.39, 0.29) is 11.9 Å². The van der Waals surface area contributed by atoms with Crippen LogP contribution in [0.25, 0.3) is 0 Å². The Morgan fingerprint density at radius 3 is 2.09 bits per heavy atom. The molecule has 6 heteroatoms. The zero-order chi connectivity index (χ0) is 24.4. The molecule has 0 bridgehead atoms. The number of carboxylic acids is 1. The largest absolute Gasteiger partial charge is 0.480 e. The Labute approximate surface area is 206 Å². The second-order valence-corrected chi connectivity index (χ2v) is 9.51. The number of carboxylic acid groups (broad SMARTS) is 1. The summed E-state index contributed by atoms with van der Waals surface area (Å²) in [6.45, 7) is 2.85. The van der Waals surface area contributed by atoms with E-state index in [9.17, 15) is 14.7 Å².